The Balaban J connectivity index is 1.98. The van der Waals surface area contributed by atoms with E-state index in [2.05, 4.69) is 82.7 Å². The summed E-state index contributed by atoms with van der Waals surface area (Å²) in [5.74, 6) is 0.396. The summed E-state index contributed by atoms with van der Waals surface area (Å²) in [4.78, 5) is 17.5. The molecule has 0 aromatic carbocycles. The molecular formula is C29H34N4. The Labute approximate surface area is 196 Å². The number of aromatic amines is 2. The van der Waals surface area contributed by atoms with Crippen LogP contribution in [0.25, 0.3) is 33.7 Å². The Bertz CT molecular complexity index is 1460. The van der Waals surface area contributed by atoms with Gasteiger partial charge < -0.3 is 9.97 Å². The zero-order chi connectivity index (χ0) is 23.4. The molecule has 4 heteroatoms. The molecule has 5 heterocycles. The maximum absolute atomic E-state index is 5.08. The highest BCUT2D eigenvalue weighted by atomic mass is 14.8. The minimum atomic E-state index is 0.396. The summed E-state index contributed by atoms with van der Waals surface area (Å²) in [6.45, 7) is 15.5. The molecule has 0 saturated carbocycles. The second kappa shape index (κ2) is 8.02. The van der Waals surface area contributed by atoms with Gasteiger partial charge in [-0.05, 0) is 105 Å². The summed E-state index contributed by atoms with van der Waals surface area (Å²) < 4.78 is 0. The molecular weight excluding hydrogens is 404 g/mol. The van der Waals surface area contributed by atoms with Gasteiger partial charge >= 0.3 is 0 Å². The van der Waals surface area contributed by atoms with Crippen LogP contribution in [0.1, 0.15) is 84.2 Å². The first-order valence-corrected chi connectivity index (χ1v) is 12.2. The van der Waals surface area contributed by atoms with Crippen LogP contribution in [0.2, 0.25) is 0 Å². The minimum Gasteiger partial charge on any atom is -0.355 e. The van der Waals surface area contributed by atoms with Crippen LogP contribution in [-0.2, 0) is 19.3 Å². The van der Waals surface area contributed by atoms with E-state index in [9.17, 15) is 0 Å². The second-order valence-electron chi connectivity index (χ2n) is 9.68. The van der Waals surface area contributed by atoms with Crippen LogP contribution in [0.5, 0.6) is 0 Å². The van der Waals surface area contributed by atoms with Crippen molar-refractivity contribution in [3.63, 3.8) is 0 Å². The van der Waals surface area contributed by atoms with Crippen molar-refractivity contribution >= 4 is 33.7 Å². The largest absolute Gasteiger partial charge is 0.355 e. The third-order valence-corrected chi connectivity index (χ3v) is 7.56. The number of fused-ring (bicyclic) bond motifs is 8. The van der Waals surface area contributed by atoms with E-state index >= 15 is 0 Å². The predicted molar refractivity (Wildman–Crippen MR) is 140 cm³/mol. The van der Waals surface area contributed by atoms with Gasteiger partial charge in [0, 0.05) is 39.4 Å². The number of aromatic nitrogens is 4. The Morgan fingerprint density at radius 3 is 2.03 bits per heavy atom. The van der Waals surface area contributed by atoms with Crippen LogP contribution in [0.4, 0.5) is 0 Å². The Morgan fingerprint density at radius 2 is 1.39 bits per heavy atom. The van der Waals surface area contributed by atoms with Crippen LogP contribution in [0, 0.1) is 20.8 Å². The SMILES string of the molecule is CCc1c(C)c2cc3[nH]c(cc4nc(c(C)c5nc(cc1[nH]2)C(C)=C5)CC4C)c(C)c3CC. The fourth-order valence-electron chi connectivity index (χ4n) is 5.37. The molecule has 1 unspecified atom stereocenters. The number of rotatable bonds is 2. The lowest BCUT2D eigenvalue weighted by molar-refractivity contribution is 0.793. The van der Waals surface area contributed by atoms with Crippen molar-refractivity contribution < 1.29 is 0 Å². The lowest BCUT2D eigenvalue weighted by atomic mass is 10.0. The molecule has 0 fully saturated rings. The predicted octanol–water partition coefficient (Wildman–Crippen LogP) is 7.27. The van der Waals surface area contributed by atoms with Gasteiger partial charge in [-0.15, -0.1) is 0 Å². The number of hydrogen-bond donors (Lipinski definition) is 2. The molecule has 3 aromatic heterocycles. The van der Waals surface area contributed by atoms with Crippen molar-refractivity contribution in [3.05, 3.63) is 68.8 Å². The summed E-state index contributed by atoms with van der Waals surface area (Å²) in [6, 6.07) is 6.76. The molecule has 1 atom stereocenters. The summed E-state index contributed by atoms with van der Waals surface area (Å²) >= 11 is 0. The lowest BCUT2D eigenvalue weighted by Crippen LogP contribution is -1.91. The topological polar surface area (TPSA) is 57.4 Å². The third kappa shape index (κ3) is 3.52. The number of H-pyrrole nitrogens is 2. The van der Waals surface area contributed by atoms with Gasteiger partial charge in [0.1, 0.15) is 0 Å². The summed E-state index contributed by atoms with van der Waals surface area (Å²) in [5.41, 5.74) is 16.8. The van der Waals surface area contributed by atoms with Gasteiger partial charge in [0.15, 0.2) is 0 Å². The van der Waals surface area contributed by atoms with Crippen molar-refractivity contribution in [2.45, 2.75) is 73.6 Å². The number of nitrogens with zero attached hydrogens (tertiary/aromatic N) is 2. The average Bonchev–Trinajstić information content (AvgIpc) is 3.49. The van der Waals surface area contributed by atoms with Gasteiger partial charge in [0.05, 0.1) is 11.4 Å². The van der Waals surface area contributed by atoms with Crippen molar-refractivity contribution in [1.29, 1.82) is 0 Å². The standard InChI is InChI=1S/C29H34N4/c1-8-20-18(6)27-14-29-21(9-2)17(5)26(32-29)12-22-15(3)10-24(30-22)19(7)25-11-16(4)23(31-25)13-28(20)33-27/h11-15,32-33H,8-10H2,1-7H3. The molecule has 0 saturated heterocycles. The molecule has 2 N–H and O–H groups in total. The summed E-state index contributed by atoms with van der Waals surface area (Å²) in [7, 11) is 0. The highest BCUT2D eigenvalue weighted by molar-refractivity contribution is 5.85. The van der Waals surface area contributed by atoms with E-state index in [-0.39, 0.29) is 0 Å². The normalized spacial score (nSPS) is 15.7. The molecule has 33 heavy (non-hydrogen) atoms. The highest BCUT2D eigenvalue weighted by Crippen LogP contribution is 2.31. The zero-order valence-corrected chi connectivity index (χ0v) is 20.9. The third-order valence-electron chi connectivity index (χ3n) is 7.56. The molecule has 4 nitrogen and oxygen atoms in total. The molecule has 2 aliphatic heterocycles. The highest BCUT2D eigenvalue weighted by Gasteiger charge is 2.20. The van der Waals surface area contributed by atoms with Gasteiger partial charge in [-0.1, -0.05) is 20.8 Å². The fraction of sp³-hybridized carbons (Fsp3) is 0.379. The molecule has 0 amide bonds. The van der Waals surface area contributed by atoms with E-state index in [4.69, 9.17) is 9.97 Å². The number of nitrogens with one attached hydrogen (secondary N) is 2. The first-order valence-electron chi connectivity index (χ1n) is 12.2. The Kier molecular flexibility index (Phi) is 5.27. The Hall–Kier alpha value is -3.14. The van der Waals surface area contributed by atoms with Crippen LogP contribution < -0.4 is 0 Å². The van der Waals surface area contributed by atoms with Crippen molar-refractivity contribution in [2.24, 2.45) is 0 Å². The maximum Gasteiger partial charge on any atom is 0.0687 e. The molecule has 170 valence electrons. The van der Waals surface area contributed by atoms with Crippen molar-refractivity contribution in [3.8, 4) is 0 Å². The van der Waals surface area contributed by atoms with E-state index in [0.29, 0.717) is 5.92 Å². The van der Waals surface area contributed by atoms with Crippen molar-refractivity contribution in [2.75, 3.05) is 0 Å². The van der Waals surface area contributed by atoms with Gasteiger partial charge in [-0.3, -0.25) is 4.98 Å². The first-order chi connectivity index (χ1) is 15.8. The molecule has 3 aromatic rings. The average molecular weight is 439 g/mol. The summed E-state index contributed by atoms with van der Waals surface area (Å²) in [6.07, 6.45) is 5.14. The number of hydrogen-bond acceptors (Lipinski definition) is 2. The quantitative estimate of drug-likeness (QED) is 0.442. The van der Waals surface area contributed by atoms with E-state index in [1.54, 1.807) is 0 Å². The maximum atomic E-state index is 5.08. The molecule has 0 radical (unpaired) electrons. The molecule has 0 spiro atoms. The Morgan fingerprint density at radius 1 is 0.788 bits per heavy atom. The van der Waals surface area contributed by atoms with E-state index in [0.717, 1.165) is 47.6 Å². The van der Waals surface area contributed by atoms with Gasteiger partial charge in [-0.25, -0.2) is 4.98 Å². The second-order valence-corrected chi connectivity index (χ2v) is 9.68. The van der Waals surface area contributed by atoms with E-state index in [1.807, 2.05) is 0 Å². The van der Waals surface area contributed by atoms with Gasteiger partial charge in [-0.2, -0.15) is 0 Å². The minimum absolute atomic E-state index is 0.396. The van der Waals surface area contributed by atoms with Gasteiger partial charge in [0.2, 0.25) is 0 Å². The number of aryl methyl sites for hydroxylation is 4. The smallest absolute Gasteiger partial charge is 0.0687 e. The summed E-state index contributed by atoms with van der Waals surface area (Å²) in [5, 5.41) is 0. The van der Waals surface area contributed by atoms with Gasteiger partial charge in [0.25, 0.3) is 0 Å². The first kappa shape index (κ1) is 21.7. The molecule has 2 aliphatic rings. The fourth-order valence-corrected chi connectivity index (χ4v) is 5.37. The lowest BCUT2D eigenvalue weighted by Gasteiger charge is -2.00. The van der Waals surface area contributed by atoms with Crippen LogP contribution in [-0.4, -0.2) is 19.9 Å². The van der Waals surface area contributed by atoms with Crippen LogP contribution >= 0.6 is 0 Å². The van der Waals surface area contributed by atoms with E-state index in [1.165, 1.54) is 49.9 Å². The molecule has 8 bridgehead atoms. The molecule has 0 aliphatic carbocycles. The van der Waals surface area contributed by atoms with Crippen molar-refractivity contribution in [1.82, 2.24) is 19.9 Å². The molecule has 5 rings (SSSR count). The van der Waals surface area contributed by atoms with E-state index < -0.39 is 0 Å². The van der Waals surface area contributed by atoms with Crippen LogP contribution in [0.15, 0.2) is 18.2 Å². The monoisotopic (exact) mass is 438 g/mol. The number of allylic oxidation sites excluding steroid dienone is 1. The van der Waals surface area contributed by atoms with Crippen LogP contribution in [0.3, 0.4) is 0 Å². The zero-order valence-electron chi connectivity index (χ0n) is 20.9.